The van der Waals surface area contributed by atoms with E-state index in [0.29, 0.717) is 5.92 Å². The summed E-state index contributed by atoms with van der Waals surface area (Å²) < 4.78 is 5.85. The maximum atomic E-state index is 5.85. The molecule has 1 nitrogen and oxygen atoms in total. The second kappa shape index (κ2) is 24.0. The van der Waals surface area contributed by atoms with Crippen LogP contribution in [0, 0.1) is 21.3 Å². The number of hydrogen-bond acceptors (Lipinski definition) is 1. The van der Waals surface area contributed by atoms with Gasteiger partial charge in [0.25, 0.3) is 0 Å². The fraction of sp³-hybridized carbons (Fsp3) is 0.429. The zero-order valence-corrected chi connectivity index (χ0v) is 42.9. The van der Waals surface area contributed by atoms with E-state index in [0.717, 1.165) is 25.9 Å². The first kappa shape index (κ1) is 52.3. The third-order valence-corrected chi connectivity index (χ3v) is 10.7. The van der Waals surface area contributed by atoms with E-state index >= 15 is 0 Å². The van der Waals surface area contributed by atoms with Gasteiger partial charge in [-0.3, -0.25) is 0 Å². The molecule has 0 N–H and O–H groups in total. The van der Waals surface area contributed by atoms with Crippen LogP contribution >= 0.6 is 0 Å². The van der Waals surface area contributed by atoms with E-state index in [-0.39, 0.29) is 23.9 Å². The molecule has 2 radical (unpaired) electrons. The monoisotopic (exact) mass is 882 g/mol. The van der Waals surface area contributed by atoms with Crippen LogP contribution in [0.3, 0.4) is 0 Å². The summed E-state index contributed by atoms with van der Waals surface area (Å²) in [7, 11) is 0. The maximum absolute atomic E-state index is 5.85. The number of hydrogen-bond donors (Lipinski definition) is 0. The predicted octanol–water partition coefficient (Wildman–Crippen LogP) is 16.7. The van der Waals surface area contributed by atoms with Gasteiger partial charge in [0.05, 0.1) is 5.60 Å². The Morgan fingerprint density at radius 3 is 1.63 bits per heavy atom. The first-order valence-corrected chi connectivity index (χ1v) is 25.8. The second-order valence-electron chi connectivity index (χ2n) is 19.1. The van der Waals surface area contributed by atoms with Gasteiger partial charge in [0.2, 0.25) is 0 Å². The van der Waals surface area contributed by atoms with Crippen LogP contribution in [0.1, 0.15) is 149 Å². The number of unbranched alkanes of at least 4 members (excludes halogenated alkanes) is 3. The molecule has 0 aliphatic carbocycles. The Hall–Kier alpha value is -2.84. The third kappa shape index (κ3) is 15.5. The van der Waals surface area contributed by atoms with Gasteiger partial charge in [-0.2, -0.15) is 12.5 Å². The van der Waals surface area contributed by atoms with Crippen LogP contribution in [0.15, 0.2) is 103 Å². The van der Waals surface area contributed by atoms with E-state index in [4.69, 9.17) is 4.74 Å². The van der Waals surface area contributed by atoms with E-state index in [2.05, 4.69) is 200 Å². The van der Waals surface area contributed by atoms with Gasteiger partial charge in [-0.05, 0) is 66.2 Å². The van der Waals surface area contributed by atoms with Crippen LogP contribution in [-0.2, 0) is 45.3 Å². The average molecular weight is 885 g/mol. The van der Waals surface area contributed by atoms with Gasteiger partial charge >= 0.3 is 30.2 Å². The molecular formula is C56H76OSiZr-4. The molecule has 0 aromatic heterocycles. The Morgan fingerprint density at radius 1 is 0.661 bits per heavy atom. The molecule has 6 aromatic rings. The number of ether oxygens (including phenoxy) is 1. The van der Waals surface area contributed by atoms with Gasteiger partial charge in [0, 0.05) is 6.61 Å². The Labute approximate surface area is 379 Å². The molecule has 0 spiro atoms. The first-order chi connectivity index (χ1) is 27.3. The summed E-state index contributed by atoms with van der Waals surface area (Å²) in [6.07, 6.45) is 7.07. The van der Waals surface area contributed by atoms with E-state index < -0.39 is 0 Å². The van der Waals surface area contributed by atoms with E-state index in [1.807, 2.05) is 6.92 Å². The third-order valence-electron chi connectivity index (χ3n) is 10.7. The summed E-state index contributed by atoms with van der Waals surface area (Å²) >= 11 is 1.36. The minimum absolute atomic E-state index is 0. The zero-order chi connectivity index (χ0) is 43.3. The van der Waals surface area contributed by atoms with Gasteiger partial charge in [-0.25, -0.2) is 0 Å². The molecule has 59 heavy (non-hydrogen) atoms. The van der Waals surface area contributed by atoms with Crippen LogP contribution < -0.4 is 0 Å². The molecule has 0 fully saturated rings. The fourth-order valence-corrected chi connectivity index (χ4v) is 7.39. The molecular weight excluding hydrogens is 808 g/mol. The van der Waals surface area contributed by atoms with Crippen molar-refractivity contribution >= 4 is 28.4 Å². The van der Waals surface area contributed by atoms with Gasteiger partial charge < -0.3 is 19.1 Å². The van der Waals surface area contributed by atoms with Crippen LogP contribution in [0.5, 0.6) is 0 Å². The van der Waals surface area contributed by atoms with Gasteiger partial charge in [0.15, 0.2) is 0 Å². The van der Waals surface area contributed by atoms with Gasteiger partial charge in [-0.1, -0.05) is 167 Å². The van der Waals surface area contributed by atoms with Crippen molar-refractivity contribution in [1.29, 1.82) is 0 Å². The summed E-state index contributed by atoms with van der Waals surface area (Å²) in [5, 5.41) is 5.55. The quantitative estimate of drug-likeness (QED) is 0.0757. The summed E-state index contributed by atoms with van der Waals surface area (Å²) in [5.74, 6) is 0.573. The Balaban J connectivity index is 0.000000376. The van der Waals surface area contributed by atoms with E-state index in [1.165, 1.54) is 114 Å². The van der Waals surface area contributed by atoms with Crippen molar-refractivity contribution in [2.75, 3.05) is 6.61 Å². The van der Waals surface area contributed by atoms with Crippen LogP contribution in [0.25, 0.3) is 43.8 Å². The second-order valence-corrected chi connectivity index (χ2v) is 19.1. The molecule has 0 saturated heterocycles. The number of aryl methyl sites for hydroxylation is 2. The molecule has 0 heterocycles. The Kier molecular flexibility index (Phi) is 21.2. The van der Waals surface area contributed by atoms with Crippen molar-refractivity contribution in [2.45, 2.75) is 151 Å². The molecule has 0 unspecified atom stereocenters. The van der Waals surface area contributed by atoms with Crippen molar-refractivity contribution in [1.82, 2.24) is 0 Å². The van der Waals surface area contributed by atoms with Crippen molar-refractivity contribution in [3.8, 4) is 22.3 Å². The molecule has 6 aromatic carbocycles. The van der Waals surface area contributed by atoms with Gasteiger partial charge in [0.1, 0.15) is 0 Å². The van der Waals surface area contributed by atoms with Crippen molar-refractivity contribution in [2.24, 2.45) is 0 Å². The summed E-state index contributed by atoms with van der Waals surface area (Å²) in [6, 6.07) is 38.7. The van der Waals surface area contributed by atoms with Crippen LogP contribution in [0.2, 0.25) is 0 Å². The minimum atomic E-state index is -0.0210. The van der Waals surface area contributed by atoms with E-state index in [1.54, 1.807) is 0 Å². The molecule has 0 saturated carbocycles. The zero-order valence-electron chi connectivity index (χ0n) is 39.5. The van der Waals surface area contributed by atoms with Crippen molar-refractivity contribution in [3.05, 3.63) is 145 Å². The molecule has 0 amide bonds. The first-order valence-electron chi connectivity index (χ1n) is 21.6. The number of benzene rings is 4. The average Bonchev–Trinajstić information content (AvgIpc) is 3.76. The van der Waals surface area contributed by atoms with E-state index in [9.17, 15) is 0 Å². The Morgan fingerprint density at radius 2 is 1.14 bits per heavy atom. The molecule has 0 atom stereocenters. The summed E-state index contributed by atoms with van der Waals surface area (Å²) in [5.41, 5.74) is 12.9. The Bertz CT molecular complexity index is 2100. The summed E-state index contributed by atoms with van der Waals surface area (Å²) in [4.78, 5) is 0. The fourth-order valence-electron chi connectivity index (χ4n) is 7.39. The van der Waals surface area contributed by atoms with Gasteiger partial charge in [-0.15, -0.1) is 74.6 Å². The van der Waals surface area contributed by atoms with Crippen LogP contribution in [0.4, 0.5) is 0 Å². The van der Waals surface area contributed by atoms with Crippen molar-refractivity contribution < 1.29 is 28.1 Å². The number of rotatable bonds is 10. The molecule has 6 rings (SSSR count). The SMILES string of the molecule is CC(C)c1cc2c(-c3ccc(C(C)(C)C)cc3)cccc2[cH-]1.Cc1[cH-]c2cccc(-c3ccc(C(C)(C)C)cc3)c2c1CCCCCCOC(C)(C)C.[CH2-]CC.[CH3-].[Si]=[Zr]. The van der Waals surface area contributed by atoms with Crippen molar-refractivity contribution in [3.63, 3.8) is 0 Å². The molecule has 0 aliphatic rings. The summed E-state index contributed by atoms with van der Waals surface area (Å²) in [6.45, 7) is 36.2. The molecule has 318 valence electrons. The van der Waals surface area contributed by atoms with Crippen LogP contribution in [-0.4, -0.2) is 19.1 Å². The normalized spacial score (nSPS) is 11.6. The predicted molar refractivity (Wildman–Crippen MR) is 262 cm³/mol. The topological polar surface area (TPSA) is 9.23 Å². The standard InChI is InChI=1S/C30H41O.C22H25.C3H7.CH3.Si.Zr/c1-22-21-24-13-12-15-27(23-16-18-25(19-17-23)29(2,3)4)28(24)26(22)14-10-8-9-11-20-31-30(5,6)7;1-15(2)18-13-17-7-6-8-20(21(17)14-18)16-9-11-19(12-10-16)22(3,4)5;1-3-2;;;/h12-13,15-19,21H,8-11,14,20H2,1-7H3;6-15H,1-5H3;1,3H2,2H3;1H3;;/q4*-1;;. The number of fused-ring (bicyclic) bond motifs is 2. The molecule has 0 bridgehead atoms. The molecule has 3 heteroatoms. The molecule has 0 aliphatic heterocycles.